The van der Waals surface area contributed by atoms with E-state index in [0.29, 0.717) is 25.1 Å². The van der Waals surface area contributed by atoms with Gasteiger partial charge in [0.05, 0.1) is 13.2 Å². The average molecular weight is 296 g/mol. The van der Waals surface area contributed by atoms with Crippen LogP contribution in [0.2, 0.25) is 0 Å². The van der Waals surface area contributed by atoms with Crippen LogP contribution in [0.1, 0.15) is 19.8 Å². The molecule has 1 aliphatic heterocycles. The van der Waals surface area contributed by atoms with Gasteiger partial charge in [0.1, 0.15) is 0 Å². The van der Waals surface area contributed by atoms with Crippen LogP contribution in [0.5, 0.6) is 0 Å². The maximum Gasteiger partial charge on any atom is 0.232 e. The first-order chi connectivity index (χ1) is 10.3. The molecular weight excluding hydrogens is 272 g/mol. The number of ether oxygens (including phenoxy) is 2. The van der Waals surface area contributed by atoms with E-state index in [0.717, 1.165) is 45.7 Å². The van der Waals surface area contributed by atoms with Crippen LogP contribution >= 0.6 is 0 Å². The van der Waals surface area contributed by atoms with Crippen molar-refractivity contribution in [3.8, 4) is 0 Å². The lowest BCUT2D eigenvalue weighted by atomic mass is 10.4. The van der Waals surface area contributed by atoms with Gasteiger partial charge in [-0.05, 0) is 12.8 Å². The molecule has 0 radical (unpaired) electrons. The van der Waals surface area contributed by atoms with Gasteiger partial charge >= 0.3 is 0 Å². The van der Waals surface area contributed by atoms with Gasteiger partial charge < -0.3 is 25.4 Å². The van der Waals surface area contributed by atoms with E-state index in [4.69, 9.17) is 15.2 Å². The van der Waals surface area contributed by atoms with Gasteiger partial charge in [-0.2, -0.15) is 15.0 Å². The molecule has 0 unspecified atom stereocenters. The van der Waals surface area contributed by atoms with E-state index in [1.165, 1.54) is 0 Å². The lowest BCUT2D eigenvalue weighted by Gasteiger charge is -2.26. The third kappa shape index (κ3) is 5.31. The van der Waals surface area contributed by atoms with Gasteiger partial charge in [-0.3, -0.25) is 0 Å². The summed E-state index contributed by atoms with van der Waals surface area (Å²) in [5.74, 6) is 1.35. The topological polar surface area (TPSA) is 98.4 Å². The van der Waals surface area contributed by atoms with E-state index in [1.807, 2.05) is 0 Å². The second kappa shape index (κ2) is 8.58. The number of nitrogen functional groups attached to an aromatic ring is 1. The molecule has 1 aromatic heterocycles. The van der Waals surface area contributed by atoms with E-state index in [-0.39, 0.29) is 5.95 Å². The van der Waals surface area contributed by atoms with Crippen LogP contribution in [0.15, 0.2) is 0 Å². The fourth-order valence-corrected chi connectivity index (χ4v) is 1.99. The number of hydrogen-bond donors (Lipinski definition) is 2. The molecule has 2 heterocycles. The highest BCUT2D eigenvalue weighted by atomic mass is 16.5. The summed E-state index contributed by atoms with van der Waals surface area (Å²) < 4.78 is 10.7. The molecule has 0 aromatic carbocycles. The van der Waals surface area contributed by atoms with Crippen LogP contribution in [0, 0.1) is 0 Å². The second-order valence-electron chi connectivity index (χ2n) is 4.81. The third-order valence-electron chi connectivity index (χ3n) is 3.03. The number of hydrogen-bond acceptors (Lipinski definition) is 8. The average Bonchev–Trinajstić information content (AvgIpc) is 2.51. The highest BCUT2D eigenvalue weighted by molar-refractivity contribution is 5.42. The van der Waals surface area contributed by atoms with Crippen LogP contribution in [0.3, 0.4) is 0 Å². The number of rotatable bonds is 8. The van der Waals surface area contributed by atoms with E-state index in [9.17, 15) is 0 Å². The molecule has 1 aliphatic rings. The van der Waals surface area contributed by atoms with Crippen molar-refractivity contribution in [1.82, 2.24) is 15.0 Å². The minimum absolute atomic E-state index is 0.233. The number of aromatic nitrogens is 3. The summed E-state index contributed by atoms with van der Waals surface area (Å²) in [4.78, 5) is 14.8. The van der Waals surface area contributed by atoms with Gasteiger partial charge in [-0.1, -0.05) is 6.92 Å². The molecule has 8 nitrogen and oxygen atoms in total. The quantitative estimate of drug-likeness (QED) is 0.670. The summed E-state index contributed by atoms with van der Waals surface area (Å²) in [6, 6.07) is 0. The van der Waals surface area contributed by atoms with Crippen molar-refractivity contribution in [2.45, 2.75) is 19.8 Å². The summed E-state index contributed by atoms with van der Waals surface area (Å²) in [7, 11) is 0. The standard InChI is InChI=1S/C13H24N6O2/c1-2-7-20-8-3-4-15-12-16-11(14)17-13(18-12)19-5-9-21-10-6-19/h2-10H2,1H3,(H3,14,15,16,17,18). The summed E-state index contributed by atoms with van der Waals surface area (Å²) >= 11 is 0. The van der Waals surface area contributed by atoms with Crippen molar-refractivity contribution in [3.63, 3.8) is 0 Å². The maximum absolute atomic E-state index is 5.75. The largest absolute Gasteiger partial charge is 0.381 e. The van der Waals surface area contributed by atoms with Crippen LogP contribution < -0.4 is 16.0 Å². The molecule has 8 heteroatoms. The molecule has 118 valence electrons. The molecule has 0 amide bonds. The van der Waals surface area contributed by atoms with Gasteiger partial charge in [-0.15, -0.1) is 0 Å². The Morgan fingerprint density at radius 2 is 2.05 bits per heavy atom. The number of morpholine rings is 1. The number of nitrogens with two attached hydrogens (primary N) is 1. The normalized spacial score (nSPS) is 15.2. The molecule has 21 heavy (non-hydrogen) atoms. The predicted octanol–water partition coefficient (Wildman–Crippen LogP) is 0.519. The SMILES string of the molecule is CCCOCCCNc1nc(N)nc(N2CCOCC2)n1. The Hall–Kier alpha value is -1.67. The Balaban J connectivity index is 1.83. The van der Waals surface area contributed by atoms with Crippen molar-refractivity contribution in [2.75, 3.05) is 62.0 Å². The minimum Gasteiger partial charge on any atom is -0.381 e. The Bertz CT molecular complexity index is 425. The smallest absolute Gasteiger partial charge is 0.232 e. The first-order valence-corrected chi connectivity index (χ1v) is 7.45. The zero-order chi connectivity index (χ0) is 14.9. The van der Waals surface area contributed by atoms with E-state index in [2.05, 4.69) is 32.1 Å². The van der Waals surface area contributed by atoms with Crippen molar-refractivity contribution in [2.24, 2.45) is 0 Å². The monoisotopic (exact) mass is 296 g/mol. The highest BCUT2D eigenvalue weighted by Crippen LogP contribution is 2.13. The summed E-state index contributed by atoms with van der Waals surface area (Å²) in [5, 5.41) is 3.16. The van der Waals surface area contributed by atoms with Crippen molar-refractivity contribution >= 4 is 17.8 Å². The Morgan fingerprint density at radius 1 is 1.24 bits per heavy atom. The molecular formula is C13H24N6O2. The van der Waals surface area contributed by atoms with Crippen molar-refractivity contribution < 1.29 is 9.47 Å². The van der Waals surface area contributed by atoms with Gasteiger partial charge in [0.25, 0.3) is 0 Å². The number of nitrogens with zero attached hydrogens (tertiary/aromatic N) is 4. The van der Waals surface area contributed by atoms with Crippen LogP contribution in [-0.4, -0.2) is 61.0 Å². The van der Waals surface area contributed by atoms with Crippen LogP contribution in [0.4, 0.5) is 17.8 Å². The number of nitrogens with one attached hydrogen (secondary N) is 1. The van der Waals surface area contributed by atoms with E-state index >= 15 is 0 Å². The van der Waals surface area contributed by atoms with Gasteiger partial charge in [0, 0.05) is 32.8 Å². The van der Waals surface area contributed by atoms with E-state index in [1.54, 1.807) is 0 Å². The molecule has 0 spiro atoms. The lowest BCUT2D eigenvalue weighted by Crippen LogP contribution is -2.37. The van der Waals surface area contributed by atoms with Crippen molar-refractivity contribution in [1.29, 1.82) is 0 Å². The molecule has 1 saturated heterocycles. The zero-order valence-electron chi connectivity index (χ0n) is 12.5. The summed E-state index contributed by atoms with van der Waals surface area (Å²) in [5.41, 5.74) is 5.75. The van der Waals surface area contributed by atoms with Gasteiger partial charge in [0.2, 0.25) is 17.8 Å². The van der Waals surface area contributed by atoms with Gasteiger partial charge in [-0.25, -0.2) is 0 Å². The van der Waals surface area contributed by atoms with Crippen molar-refractivity contribution in [3.05, 3.63) is 0 Å². The highest BCUT2D eigenvalue weighted by Gasteiger charge is 2.15. The fraction of sp³-hybridized carbons (Fsp3) is 0.769. The lowest BCUT2D eigenvalue weighted by molar-refractivity contribution is 0.122. The molecule has 0 saturated carbocycles. The molecule has 0 atom stereocenters. The first kappa shape index (κ1) is 15.7. The first-order valence-electron chi connectivity index (χ1n) is 7.45. The predicted molar refractivity (Wildman–Crippen MR) is 81.5 cm³/mol. The maximum atomic E-state index is 5.75. The minimum atomic E-state index is 0.233. The van der Waals surface area contributed by atoms with Crippen LogP contribution in [0.25, 0.3) is 0 Å². The Morgan fingerprint density at radius 3 is 2.81 bits per heavy atom. The fourth-order valence-electron chi connectivity index (χ4n) is 1.99. The van der Waals surface area contributed by atoms with E-state index < -0.39 is 0 Å². The number of anilines is 3. The molecule has 2 rings (SSSR count). The molecule has 1 aromatic rings. The summed E-state index contributed by atoms with van der Waals surface area (Å²) in [6.45, 7) is 7.29. The molecule has 3 N–H and O–H groups in total. The summed E-state index contributed by atoms with van der Waals surface area (Å²) in [6.07, 6.45) is 1.94. The second-order valence-corrected chi connectivity index (χ2v) is 4.81. The van der Waals surface area contributed by atoms with Gasteiger partial charge in [0.15, 0.2) is 0 Å². The molecule has 1 fully saturated rings. The third-order valence-corrected chi connectivity index (χ3v) is 3.03. The zero-order valence-corrected chi connectivity index (χ0v) is 12.5. The Labute approximate surface area is 125 Å². The van der Waals surface area contributed by atoms with Crippen LogP contribution in [-0.2, 0) is 9.47 Å². The molecule has 0 aliphatic carbocycles. The molecule has 0 bridgehead atoms. The Kier molecular flexibility index (Phi) is 6.42.